The van der Waals surface area contributed by atoms with Gasteiger partial charge in [-0.15, -0.1) is 0 Å². The van der Waals surface area contributed by atoms with Gasteiger partial charge in [-0.25, -0.2) is 0 Å². The highest BCUT2D eigenvalue weighted by Crippen LogP contribution is 2.36. The molecule has 0 N–H and O–H groups in total. The fourth-order valence-electron chi connectivity index (χ4n) is 2.87. The lowest BCUT2D eigenvalue weighted by molar-refractivity contribution is 0.00578. The average molecular weight is 303 g/mol. The molecular weight excluding hydrogens is 277 g/mol. The van der Waals surface area contributed by atoms with E-state index in [1.54, 1.807) is 0 Å². The van der Waals surface area contributed by atoms with E-state index in [1.807, 2.05) is 24.3 Å². The Labute approximate surface area is 133 Å². The van der Waals surface area contributed by atoms with Crippen LogP contribution in [0.15, 0.2) is 24.3 Å². The Kier molecular flexibility index (Phi) is 4.00. The summed E-state index contributed by atoms with van der Waals surface area (Å²) in [6.07, 6.45) is 1.39. The monoisotopic (exact) mass is 303 g/mol. The Hall–Kier alpha value is -1.04. The molecule has 1 unspecified atom stereocenters. The maximum Gasteiger partial charge on any atom is 0.494 e. The van der Waals surface area contributed by atoms with Gasteiger partial charge in [0.15, 0.2) is 0 Å². The minimum absolute atomic E-state index is 0.299. The van der Waals surface area contributed by atoms with Crippen molar-refractivity contribution in [2.24, 2.45) is 0 Å². The smallest absolute Gasteiger partial charge is 0.489 e. The summed E-state index contributed by atoms with van der Waals surface area (Å²) in [6.45, 7) is 10.4. The molecule has 2 fully saturated rings. The molecule has 0 aromatic heterocycles. The van der Waals surface area contributed by atoms with E-state index in [2.05, 4.69) is 39.6 Å². The first-order chi connectivity index (χ1) is 10.3. The van der Waals surface area contributed by atoms with Gasteiger partial charge >= 0.3 is 7.12 Å². The highest BCUT2D eigenvalue weighted by Gasteiger charge is 2.51. The van der Waals surface area contributed by atoms with E-state index < -0.39 is 0 Å². The fraction of sp³-hybridized carbons (Fsp3) is 0.647. The summed E-state index contributed by atoms with van der Waals surface area (Å²) in [5.74, 6) is 0.917. The second-order valence-electron chi connectivity index (χ2n) is 7.45. The molecule has 4 nitrogen and oxygen atoms in total. The van der Waals surface area contributed by atoms with Gasteiger partial charge in [0.25, 0.3) is 0 Å². The summed E-state index contributed by atoms with van der Waals surface area (Å²) in [5.41, 5.74) is 0.428. The molecule has 1 aromatic rings. The van der Waals surface area contributed by atoms with Gasteiger partial charge in [-0.3, -0.25) is 0 Å². The van der Waals surface area contributed by atoms with E-state index in [-0.39, 0.29) is 18.3 Å². The van der Waals surface area contributed by atoms with Gasteiger partial charge in [0.05, 0.1) is 11.2 Å². The number of hydrogen-bond acceptors (Lipinski definition) is 4. The summed E-state index contributed by atoms with van der Waals surface area (Å²) < 4.78 is 18.2. The molecule has 0 spiro atoms. The van der Waals surface area contributed by atoms with E-state index in [4.69, 9.17) is 14.0 Å². The molecule has 3 rings (SSSR count). The standard InChI is InChI=1S/C17H26BNO3/c1-16(2)17(3,4)22-18(21-16)13-6-8-14(9-7-13)20-15-10-11-19(5)12-15/h6-9,15H,10-12H2,1-5H3. The van der Waals surface area contributed by atoms with Crippen LogP contribution in [0.4, 0.5) is 0 Å². The topological polar surface area (TPSA) is 30.9 Å². The third kappa shape index (κ3) is 3.03. The molecule has 2 aliphatic rings. The molecule has 0 saturated carbocycles. The second kappa shape index (κ2) is 5.55. The molecule has 1 atom stereocenters. The Balaban J connectivity index is 1.65. The Morgan fingerprint density at radius 2 is 1.68 bits per heavy atom. The zero-order chi connectivity index (χ0) is 16.0. The molecule has 0 amide bonds. The number of ether oxygens (including phenoxy) is 1. The Morgan fingerprint density at radius 1 is 1.09 bits per heavy atom. The fourth-order valence-corrected chi connectivity index (χ4v) is 2.87. The van der Waals surface area contributed by atoms with Gasteiger partial charge in [0, 0.05) is 13.1 Å². The number of nitrogens with zero attached hydrogens (tertiary/aromatic N) is 1. The van der Waals surface area contributed by atoms with Gasteiger partial charge in [0.2, 0.25) is 0 Å². The van der Waals surface area contributed by atoms with Crippen LogP contribution < -0.4 is 10.2 Å². The third-order valence-corrected chi connectivity index (χ3v) is 5.06. The lowest BCUT2D eigenvalue weighted by Gasteiger charge is -2.32. The van der Waals surface area contributed by atoms with E-state index in [0.29, 0.717) is 6.10 Å². The quantitative estimate of drug-likeness (QED) is 0.800. The lowest BCUT2D eigenvalue weighted by Crippen LogP contribution is -2.41. The molecule has 120 valence electrons. The molecule has 2 heterocycles. The van der Waals surface area contributed by atoms with E-state index in [1.165, 1.54) is 0 Å². The van der Waals surface area contributed by atoms with Gasteiger partial charge in [-0.2, -0.15) is 0 Å². The summed E-state index contributed by atoms with van der Waals surface area (Å²) in [6, 6.07) is 8.10. The molecule has 0 bridgehead atoms. The van der Waals surface area contributed by atoms with E-state index >= 15 is 0 Å². The predicted octanol–water partition coefficient (Wildman–Crippen LogP) is 2.07. The van der Waals surface area contributed by atoms with Crippen LogP contribution in [0, 0.1) is 0 Å². The highest BCUT2D eigenvalue weighted by atomic mass is 16.7. The molecule has 0 radical (unpaired) electrons. The normalized spacial score (nSPS) is 27.3. The van der Waals surface area contributed by atoms with Crippen molar-refractivity contribution in [3.63, 3.8) is 0 Å². The van der Waals surface area contributed by atoms with Gasteiger partial charge < -0.3 is 18.9 Å². The van der Waals surface area contributed by atoms with Crippen LogP contribution in [-0.4, -0.2) is 49.5 Å². The molecule has 22 heavy (non-hydrogen) atoms. The van der Waals surface area contributed by atoms with Crippen molar-refractivity contribution in [1.82, 2.24) is 4.90 Å². The van der Waals surface area contributed by atoms with Crippen LogP contribution >= 0.6 is 0 Å². The van der Waals surface area contributed by atoms with Crippen LogP contribution in [0.3, 0.4) is 0 Å². The number of likely N-dealkylation sites (tertiary alicyclic amines) is 1. The maximum absolute atomic E-state index is 6.07. The largest absolute Gasteiger partial charge is 0.494 e. The van der Waals surface area contributed by atoms with E-state index in [0.717, 1.165) is 30.7 Å². The van der Waals surface area contributed by atoms with Crippen molar-refractivity contribution < 1.29 is 14.0 Å². The van der Waals surface area contributed by atoms with Gasteiger partial charge in [0.1, 0.15) is 11.9 Å². The van der Waals surface area contributed by atoms with E-state index in [9.17, 15) is 0 Å². The second-order valence-corrected chi connectivity index (χ2v) is 7.45. The Bertz CT molecular complexity index is 513. The summed E-state index contributed by atoms with van der Waals surface area (Å²) in [4.78, 5) is 2.30. The van der Waals surface area contributed by atoms with Crippen molar-refractivity contribution in [3.8, 4) is 5.75 Å². The van der Waals surface area contributed by atoms with Crippen LogP contribution in [0.5, 0.6) is 5.75 Å². The highest BCUT2D eigenvalue weighted by molar-refractivity contribution is 6.62. The van der Waals surface area contributed by atoms with Crippen molar-refractivity contribution in [2.45, 2.75) is 51.4 Å². The number of benzene rings is 1. The zero-order valence-corrected chi connectivity index (χ0v) is 14.3. The molecule has 1 aromatic carbocycles. The summed E-state index contributed by atoms with van der Waals surface area (Å²) in [7, 11) is 1.82. The van der Waals surface area contributed by atoms with Crippen molar-refractivity contribution >= 4 is 12.6 Å². The van der Waals surface area contributed by atoms with Crippen molar-refractivity contribution in [3.05, 3.63) is 24.3 Å². The molecular formula is C17H26BNO3. The van der Waals surface area contributed by atoms with Crippen LogP contribution in [-0.2, 0) is 9.31 Å². The molecule has 2 aliphatic heterocycles. The Morgan fingerprint density at radius 3 is 2.18 bits per heavy atom. The first-order valence-corrected chi connectivity index (χ1v) is 8.08. The predicted molar refractivity (Wildman–Crippen MR) is 88.7 cm³/mol. The van der Waals surface area contributed by atoms with Crippen molar-refractivity contribution in [1.29, 1.82) is 0 Å². The lowest BCUT2D eigenvalue weighted by atomic mass is 9.79. The average Bonchev–Trinajstić information content (AvgIpc) is 2.92. The number of rotatable bonds is 3. The molecule has 2 saturated heterocycles. The number of likely N-dealkylation sites (N-methyl/N-ethyl adjacent to an activating group) is 1. The third-order valence-electron chi connectivity index (χ3n) is 5.06. The summed E-state index contributed by atoms with van der Waals surface area (Å²) in [5, 5.41) is 0. The van der Waals surface area contributed by atoms with Gasteiger partial charge in [-0.05, 0) is 58.8 Å². The molecule has 0 aliphatic carbocycles. The SMILES string of the molecule is CN1CCC(Oc2ccc(B3OC(C)(C)C(C)(C)O3)cc2)C1. The first kappa shape index (κ1) is 15.8. The first-order valence-electron chi connectivity index (χ1n) is 8.08. The minimum atomic E-state index is -0.309. The van der Waals surface area contributed by atoms with Crippen molar-refractivity contribution in [2.75, 3.05) is 20.1 Å². The maximum atomic E-state index is 6.07. The van der Waals surface area contributed by atoms with Crippen LogP contribution in [0.25, 0.3) is 0 Å². The summed E-state index contributed by atoms with van der Waals surface area (Å²) >= 11 is 0. The zero-order valence-electron chi connectivity index (χ0n) is 14.3. The molecule has 5 heteroatoms. The van der Waals surface area contributed by atoms with Crippen LogP contribution in [0.2, 0.25) is 0 Å². The minimum Gasteiger partial charge on any atom is -0.489 e. The number of hydrogen-bond donors (Lipinski definition) is 0. The van der Waals surface area contributed by atoms with Crippen LogP contribution in [0.1, 0.15) is 34.1 Å². The van der Waals surface area contributed by atoms with Gasteiger partial charge in [-0.1, -0.05) is 12.1 Å².